The van der Waals surface area contributed by atoms with Gasteiger partial charge in [0.15, 0.2) is 0 Å². The predicted molar refractivity (Wildman–Crippen MR) is 73.7 cm³/mol. The van der Waals surface area contributed by atoms with Crippen molar-refractivity contribution < 1.29 is 4.74 Å². The van der Waals surface area contributed by atoms with Crippen LogP contribution in [-0.4, -0.2) is 49.3 Å². The molecular formula is C15H28N2O. The monoisotopic (exact) mass is 252 g/mol. The molecule has 2 bridgehead atoms. The highest BCUT2D eigenvalue weighted by molar-refractivity contribution is 4.96. The second kappa shape index (κ2) is 5.48. The van der Waals surface area contributed by atoms with Crippen LogP contribution >= 0.6 is 0 Å². The quantitative estimate of drug-likeness (QED) is 0.828. The van der Waals surface area contributed by atoms with Crippen LogP contribution in [0.5, 0.6) is 0 Å². The van der Waals surface area contributed by atoms with Crippen molar-refractivity contribution in [2.45, 2.75) is 69.7 Å². The van der Waals surface area contributed by atoms with Crippen molar-refractivity contribution in [1.29, 1.82) is 0 Å². The van der Waals surface area contributed by atoms with Crippen molar-refractivity contribution in [3.05, 3.63) is 0 Å². The number of hydrogen-bond acceptors (Lipinski definition) is 3. The van der Waals surface area contributed by atoms with Crippen LogP contribution in [0.15, 0.2) is 0 Å². The lowest BCUT2D eigenvalue weighted by atomic mass is 9.95. The molecule has 0 aromatic rings. The van der Waals surface area contributed by atoms with E-state index in [0.29, 0.717) is 6.10 Å². The maximum absolute atomic E-state index is 5.78. The molecule has 3 heterocycles. The first-order valence-electron chi connectivity index (χ1n) is 7.84. The van der Waals surface area contributed by atoms with Crippen LogP contribution in [0, 0.1) is 5.92 Å². The fraction of sp³-hybridized carbons (Fsp3) is 1.00. The second-order valence-electron chi connectivity index (χ2n) is 6.49. The van der Waals surface area contributed by atoms with Crippen molar-refractivity contribution in [1.82, 2.24) is 10.2 Å². The molecule has 18 heavy (non-hydrogen) atoms. The van der Waals surface area contributed by atoms with E-state index in [1.54, 1.807) is 0 Å². The van der Waals surface area contributed by atoms with Crippen LogP contribution < -0.4 is 5.32 Å². The summed E-state index contributed by atoms with van der Waals surface area (Å²) < 4.78 is 5.78. The summed E-state index contributed by atoms with van der Waals surface area (Å²) in [6.07, 6.45) is 8.50. The zero-order valence-corrected chi connectivity index (χ0v) is 11.9. The molecule has 4 unspecified atom stereocenters. The molecule has 1 N–H and O–H groups in total. The van der Waals surface area contributed by atoms with Crippen molar-refractivity contribution in [2.75, 3.05) is 20.2 Å². The van der Waals surface area contributed by atoms with E-state index in [1.165, 1.54) is 45.1 Å². The minimum Gasteiger partial charge on any atom is -0.378 e. The fourth-order valence-corrected chi connectivity index (χ4v) is 4.27. The molecule has 3 aliphatic heterocycles. The third-order valence-corrected chi connectivity index (χ3v) is 5.52. The van der Waals surface area contributed by atoms with Gasteiger partial charge in [-0.3, -0.25) is 0 Å². The first-order chi connectivity index (χ1) is 8.78. The van der Waals surface area contributed by atoms with Crippen LogP contribution in [-0.2, 0) is 4.74 Å². The number of rotatable bonds is 4. The predicted octanol–water partition coefficient (Wildman–Crippen LogP) is 2.02. The van der Waals surface area contributed by atoms with Gasteiger partial charge in [0.1, 0.15) is 0 Å². The Hall–Kier alpha value is -0.120. The molecule has 3 nitrogen and oxygen atoms in total. The minimum absolute atomic E-state index is 0.514. The average Bonchev–Trinajstić information content (AvgIpc) is 2.89. The molecule has 0 aliphatic carbocycles. The largest absolute Gasteiger partial charge is 0.378 e. The van der Waals surface area contributed by atoms with E-state index in [1.807, 2.05) is 0 Å². The van der Waals surface area contributed by atoms with E-state index in [4.69, 9.17) is 4.74 Å². The van der Waals surface area contributed by atoms with Gasteiger partial charge in [0.05, 0.1) is 6.10 Å². The lowest BCUT2D eigenvalue weighted by molar-refractivity contribution is 0.0841. The Morgan fingerprint density at radius 2 is 1.89 bits per heavy atom. The molecule has 3 fully saturated rings. The van der Waals surface area contributed by atoms with Gasteiger partial charge in [0.2, 0.25) is 0 Å². The van der Waals surface area contributed by atoms with Crippen LogP contribution in [0.25, 0.3) is 0 Å². The van der Waals surface area contributed by atoms with E-state index in [2.05, 4.69) is 24.2 Å². The van der Waals surface area contributed by atoms with Gasteiger partial charge in [-0.2, -0.15) is 0 Å². The Morgan fingerprint density at radius 1 is 1.17 bits per heavy atom. The van der Waals surface area contributed by atoms with E-state index < -0.39 is 0 Å². The molecule has 0 aromatic heterocycles. The average molecular weight is 252 g/mol. The third-order valence-electron chi connectivity index (χ3n) is 5.52. The Labute approximate surface area is 111 Å². The molecule has 0 aromatic carbocycles. The zero-order chi connectivity index (χ0) is 12.5. The summed E-state index contributed by atoms with van der Waals surface area (Å²) in [6.45, 7) is 4.40. The van der Waals surface area contributed by atoms with Gasteiger partial charge in [-0.05, 0) is 51.5 Å². The molecule has 0 amide bonds. The summed E-state index contributed by atoms with van der Waals surface area (Å²) in [5.74, 6) is 0.757. The summed E-state index contributed by atoms with van der Waals surface area (Å²) in [5, 5.41) is 3.84. The number of nitrogens with zero attached hydrogens (tertiary/aromatic N) is 1. The topological polar surface area (TPSA) is 24.5 Å². The third kappa shape index (κ3) is 2.45. The van der Waals surface area contributed by atoms with E-state index in [-0.39, 0.29) is 0 Å². The summed E-state index contributed by atoms with van der Waals surface area (Å²) >= 11 is 0. The normalized spacial score (nSPS) is 44.7. The smallest absolute Gasteiger partial charge is 0.0613 e. The number of fused-ring (bicyclic) bond motifs is 2. The summed E-state index contributed by atoms with van der Waals surface area (Å²) in [5.41, 5.74) is 0. The number of ether oxygens (including phenoxy) is 1. The highest BCUT2D eigenvalue weighted by atomic mass is 16.5. The van der Waals surface area contributed by atoms with E-state index in [9.17, 15) is 0 Å². The molecule has 4 atom stereocenters. The van der Waals surface area contributed by atoms with Crippen LogP contribution in [0.4, 0.5) is 0 Å². The number of piperidine rings is 1. The van der Waals surface area contributed by atoms with Gasteiger partial charge < -0.3 is 15.0 Å². The maximum atomic E-state index is 5.78. The molecule has 104 valence electrons. The van der Waals surface area contributed by atoms with Gasteiger partial charge >= 0.3 is 0 Å². The van der Waals surface area contributed by atoms with Crippen LogP contribution in [0.3, 0.4) is 0 Å². The Balaban J connectivity index is 1.47. The van der Waals surface area contributed by atoms with E-state index in [0.717, 1.165) is 30.7 Å². The lowest BCUT2D eigenvalue weighted by Gasteiger charge is -2.37. The molecular weight excluding hydrogens is 224 g/mol. The SMILES string of the molecule is CCC1OCCC1CNC1CC2CCC(C1)N2C. The molecule has 3 heteroatoms. The van der Waals surface area contributed by atoms with E-state index >= 15 is 0 Å². The van der Waals surface area contributed by atoms with Gasteiger partial charge in [0.25, 0.3) is 0 Å². The fourth-order valence-electron chi connectivity index (χ4n) is 4.27. The van der Waals surface area contributed by atoms with Gasteiger partial charge in [-0.25, -0.2) is 0 Å². The molecule has 3 rings (SSSR count). The Morgan fingerprint density at radius 3 is 2.56 bits per heavy atom. The van der Waals surface area contributed by atoms with Gasteiger partial charge in [-0.1, -0.05) is 6.92 Å². The van der Waals surface area contributed by atoms with Crippen molar-refractivity contribution in [2.24, 2.45) is 5.92 Å². The summed E-state index contributed by atoms with van der Waals surface area (Å²) in [4.78, 5) is 2.62. The molecule has 0 saturated carbocycles. The lowest BCUT2D eigenvalue weighted by Crippen LogP contribution is -2.48. The van der Waals surface area contributed by atoms with Crippen molar-refractivity contribution in [3.8, 4) is 0 Å². The van der Waals surface area contributed by atoms with Crippen molar-refractivity contribution >= 4 is 0 Å². The minimum atomic E-state index is 0.514. The van der Waals surface area contributed by atoms with Crippen molar-refractivity contribution in [3.63, 3.8) is 0 Å². The molecule has 0 spiro atoms. The highest BCUT2D eigenvalue weighted by Crippen LogP contribution is 2.34. The highest BCUT2D eigenvalue weighted by Gasteiger charge is 2.38. The Kier molecular flexibility index (Phi) is 3.92. The molecule has 0 radical (unpaired) electrons. The van der Waals surface area contributed by atoms with Crippen LogP contribution in [0.1, 0.15) is 45.4 Å². The number of nitrogens with one attached hydrogen (secondary N) is 1. The van der Waals surface area contributed by atoms with Gasteiger partial charge in [0, 0.05) is 31.3 Å². The second-order valence-corrected chi connectivity index (χ2v) is 6.49. The maximum Gasteiger partial charge on any atom is 0.0613 e. The van der Waals surface area contributed by atoms with Crippen LogP contribution in [0.2, 0.25) is 0 Å². The molecule has 3 saturated heterocycles. The molecule has 3 aliphatic rings. The Bertz CT molecular complexity index is 270. The first kappa shape index (κ1) is 12.9. The summed E-state index contributed by atoms with van der Waals surface area (Å²) in [6, 6.07) is 2.46. The first-order valence-corrected chi connectivity index (χ1v) is 7.84. The summed E-state index contributed by atoms with van der Waals surface area (Å²) in [7, 11) is 2.32. The zero-order valence-electron chi connectivity index (χ0n) is 11.9. The number of hydrogen-bond donors (Lipinski definition) is 1. The standard InChI is InChI=1S/C15H28N2O/c1-3-15-11(6-7-18-15)10-16-12-8-13-4-5-14(9-12)17(13)2/h11-16H,3-10H2,1-2H3. The van der Waals surface area contributed by atoms with Gasteiger partial charge in [-0.15, -0.1) is 0 Å².